The van der Waals surface area contributed by atoms with Gasteiger partial charge in [-0.3, -0.25) is 9.48 Å². The third-order valence-corrected chi connectivity index (χ3v) is 5.26. The van der Waals surface area contributed by atoms with Crippen molar-refractivity contribution in [3.05, 3.63) is 40.4 Å². The summed E-state index contributed by atoms with van der Waals surface area (Å²) in [5.74, 6) is 0.0739. The van der Waals surface area contributed by atoms with Crippen LogP contribution in [0.5, 0.6) is 0 Å². The van der Waals surface area contributed by atoms with Gasteiger partial charge in [-0.2, -0.15) is 5.10 Å². The van der Waals surface area contributed by atoms with Crippen molar-refractivity contribution >= 4 is 27.5 Å². The van der Waals surface area contributed by atoms with Gasteiger partial charge in [-0.25, -0.2) is 9.97 Å². The molecule has 0 aliphatic carbocycles. The Balaban J connectivity index is 1.65. The molecule has 3 aromatic rings. The first-order valence-corrected chi connectivity index (χ1v) is 7.95. The Hall–Kier alpha value is -2.28. The van der Waals surface area contributed by atoms with Crippen molar-refractivity contribution in [1.29, 1.82) is 0 Å². The van der Waals surface area contributed by atoms with Crippen LogP contribution in [-0.2, 0) is 20.0 Å². The van der Waals surface area contributed by atoms with Crippen molar-refractivity contribution in [2.45, 2.75) is 19.9 Å². The molecular formula is C15H15N5OS. The van der Waals surface area contributed by atoms with Gasteiger partial charge in [-0.15, -0.1) is 11.3 Å². The molecule has 4 rings (SSSR count). The molecule has 1 aliphatic rings. The minimum atomic E-state index is 0.0739. The normalized spacial score (nSPS) is 14.4. The van der Waals surface area contributed by atoms with Gasteiger partial charge in [0.15, 0.2) is 0 Å². The van der Waals surface area contributed by atoms with E-state index in [1.54, 1.807) is 6.33 Å². The molecule has 1 aliphatic heterocycles. The second kappa shape index (κ2) is 4.88. The van der Waals surface area contributed by atoms with E-state index in [0.717, 1.165) is 38.5 Å². The number of thiophene rings is 1. The summed E-state index contributed by atoms with van der Waals surface area (Å²) in [6.45, 7) is 3.24. The summed E-state index contributed by atoms with van der Waals surface area (Å²) >= 11 is 1.50. The topological polar surface area (TPSA) is 63.9 Å². The zero-order valence-corrected chi connectivity index (χ0v) is 13.2. The number of fused-ring (bicyclic) bond motifs is 2. The second-order valence-electron chi connectivity index (χ2n) is 5.51. The Morgan fingerprint density at radius 2 is 2.27 bits per heavy atom. The van der Waals surface area contributed by atoms with Gasteiger partial charge in [0.05, 0.1) is 22.8 Å². The van der Waals surface area contributed by atoms with Crippen LogP contribution in [0.1, 0.15) is 26.6 Å². The fourth-order valence-corrected chi connectivity index (χ4v) is 3.98. The highest BCUT2D eigenvalue weighted by Crippen LogP contribution is 2.29. The van der Waals surface area contributed by atoms with E-state index in [-0.39, 0.29) is 5.91 Å². The highest BCUT2D eigenvalue weighted by Gasteiger charge is 2.25. The van der Waals surface area contributed by atoms with Gasteiger partial charge in [-0.1, -0.05) is 0 Å². The van der Waals surface area contributed by atoms with E-state index >= 15 is 0 Å². The van der Waals surface area contributed by atoms with Crippen LogP contribution in [0.2, 0.25) is 0 Å². The minimum absolute atomic E-state index is 0.0739. The third kappa shape index (κ3) is 2.00. The summed E-state index contributed by atoms with van der Waals surface area (Å²) in [6, 6.07) is 1.96. The maximum atomic E-state index is 12.8. The predicted molar refractivity (Wildman–Crippen MR) is 83.8 cm³/mol. The van der Waals surface area contributed by atoms with Crippen LogP contribution in [0.25, 0.3) is 10.2 Å². The average Bonchev–Trinajstić information content (AvgIpc) is 3.08. The molecule has 0 N–H and O–H groups in total. The molecule has 1 amide bonds. The number of carbonyl (C=O) groups excluding carboxylic acids is 1. The van der Waals surface area contributed by atoms with Crippen LogP contribution in [0.3, 0.4) is 0 Å². The van der Waals surface area contributed by atoms with Crippen LogP contribution in [-0.4, -0.2) is 37.1 Å². The molecule has 22 heavy (non-hydrogen) atoms. The summed E-state index contributed by atoms with van der Waals surface area (Å²) in [6.07, 6.45) is 4.20. The van der Waals surface area contributed by atoms with E-state index in [1.807, 2.05) is 35.8 Å². The molecule has 0 unspecified atom stereocenters. The lowest BCUT2D eigenvalue weighted by molar-refractivity contribution is 0.0736. The zero-order valence-electron chi connectivity index (χ0n) is 12.4. The van der Waals surface area contributed by atoms with Crippen molar-refractivity contribution in [3.8, 4) is 0 Å². The third-order valence-electron chi connectivity index (χ3n) is 4.07. The van der Waals surface area contributed by atoms with E-state index in [1.165, 1.54) is 11.3 Å². The van der Waals surface area contributed by atoms with Gasteiger partial charge in [0.2, 0.25) is 0 Å². The maximum Gasteiger partial charge on any atom is 0.264 e. The number of nitrogens with zero attached hydrogens (tertiary/aromatic N) is 5. The van der Waals surface area contributed by atoms with E-state index in [0.29, 0.717) is 13.1 Å². The Bertz CT molecular complexity index is 847. The van der Waals surface area contributed by atoms with Crippen molar-refractivity contribution in [3.63, 3.8) is 0 Å². The number of hydrogen-bond acceptors (Lipinski definition) is 5. The molecule has 0 spiro atoms. The lowest BCUT2D eigenvalue weighted by Crippen LogP contribution is -2.36. The zero-order chi connectivity index (χ0) is 15.3. The van der Waals surface area contributed by atoms with Gasteiger partial charge in [-0.05, 0) is 25.0 Å². The average molecular weight is 313 g/mol. The summed E-state index contributed by atoms with van der Waals surface area (Å²) in [5, 5.41) is 5.44. The molecule has 0 saturated carbocycles. The van der Waals surface area contributed by atoms with Crippen molar-refractivity contribution in [2.75, 3.05) is 6.54 Å². The fourth-order valence-electron chi connectivity index (χ4n) is 2.89. The molecule has 0 fully saturated rings. The Labute approximate surface area is 131 Å². The Morgan fingerprint density at radius 3 is 3.09 bits per heavy atom. The van der Waals surface area contributed by atoms with Crippen LogP contribution in [0.4, 0.5) is 0 Å². The van der Waals surface area contributed by atoms with Crippen LogP contribution < -0.4 is 0 Å². The second-order valence-corrected chi connectivity index (χ2v) is 6.54. The summed E-state index contributed by atoms with van der Waals surface area (Å²) in [4.78, 5) is 24.8. The number of aromatic nitrogens is 4. The number of amides is 1. The largest absolute Gasteiger partial charge is 0.332 e. The number of carbonyl (C=O) groups is 1. The molecule has 3 aromatic heterocycles. The molecule has 0 bridgehead atoms. The SMILES string of the molecule is Cc1nn(C)c2sc(C(=O)N3CCc4cncnc4C3)cc12. The van der Waals surface area contributed by atoms with E-state index in [9.17, 15) is 4.79 Å². The quantitative estimate of drug-likeness (QED) is 0.688. The molecule has 0 saturated heterocycles. The molecular weight excluding hydrogens is 298 g/mol. The van der Waals surface area contributed by atoms with Crippen LogP contribution in [0, 0.1) is 6.92 Å². The summed E-state index contributed by atoms with van der Waals surface area (Å²) in [7, 11) is 1.91. The first-order valence-electron chi connectivity index (χ1n) is 7.13. The highest BCUT2D eigenvalue weighted by molar-refractivity contribution is 7.20. The van der Waals surface area contributed by atoms with E-state index in [4.69, 9.17) is 0 Å². The Morgan fingerprint density at radius 1 is 1.41 bits per heavy atom. The minimum Gasteiger partial charge on any atom is -0.332 e. The predicted octanol–water partition coefficient (Wildman–Crippen LogP) is 1.93. The van der Waals surface area contributed by atoms with Crippen molar-refractivity contribution in [2.24, 2.45) is 7.05 Å². The lowest BCUT2D eigenvalue weighted by Gasteiger charge is -2.27. The molecule has 0 aromatic carbocycles. The molecule has 6 nitrogen and oxygen atoms in total. The monoisotopic (exact) mass is 313 g/mol. The van der Waals surface area contributed by atoms with Gasteiger partial charge in [0, 0.05) is 25.2 Å². The van der Waals surface area contributed by atoms with Gasteiger partial charge in [0.1, 0.15) is 11.2 Å². The Kier molecular flexibility index (Phi) is 2.97. The molecule has 112 valence electrons. The van der Waals surface area contributed by atoms with Gasteiger partial charge in [0.25, 0.3) is 5.91 Å². The number of hydrogen-bond donors (Lipinski definition) is 0. The molecule has 0 radical (unpaired) electrons. The number of aryl methyl sites for hydroxylation is 2. The lowest BCUT2D eigenvalue weighted by atomic mass is 10.1. The first kappa shape index (κ1) is 13.4. The van der Waals surface area contributed by atoms with Crippen molar-refractivity contribution in [1.82, 2.24) is 24.6 Å². The van der Waals surface area contributed by atoms with E-state index in [2.05, 4.69) is 15.1 Å². The standard InChI is InChI=1S/C15H15N5OS/c1-9-11-5-13(22-15(11)19(2)18-9)14(21)20-4-3-10-6-16-8-17-12(10)7-20/h5-6,8H,3-4,7H2,1-2H3. The highest BCUT2D eigenvalue weighted by atomic mass is 32.1. The summed E-state index contributed by atoms with van der Waals surface area (Å²) < 4.78 is 1.84. The smallest absolute Gasteiger partial charge is 0.264 e. The molecule has 4 heterocycles. The number of rotatable bonds is 1. The maximum absolute atomic E-state index is 12.8. The molecule has 0 atom stereocenters. The fraction of sp³-hybridized carbons (Fsp3) is 0.333. The van der Waals surface area contributed by atoms with Crippen molar-refractivity contribution < 1.29 is 4.79 Å². The van der Waals surface area contributed by atoms with Gasteiger partial charge >= 0.3 is 0 Å². The van der Waals surface area contributed by atoms with Crippen LogP contribution >= 0.6 is 11.3 Å². The molecule has 7 heteroatoms. The van der Waals surface area contributed by atoms with E-state index < -0.39 is 0 Å². The summed E-state index contributed by atoms with van der Waals surface area (Å²) in [5.41, 5.74) is 3.06. The first-order chi connectivity index (χ1) is 10.6. The van der Waals surface area contributed by atoms with Crippen LogP contribution in [0.15, 0.2) is 18.6 Å². The van der Waals surface area contributed by atoms with Gasteiger partial charge < -0.3 is 4.90 Å².